The largest absolute Gasteiger partial charge is 0.325 e. The minimum Gasteiger partial charge on any atom is -0.325 e. The van der Waals surface area contributed by atoms with Crippen molar-refractivity contribution >= 4 is 40.7 Å². The Morgan fingerprint density at radius 2 is 1.56 bits per heavy atom. The summed E-state index contributed by atoms with van der Waals surface area (Å²) in [6.45, 7) is 0. The van der Waals surface area contributed by atoms with Gasteiger partial charge in [0.2, 0.25) is 5.91 Å². The molecular formula is C22H18ClNO2S. The Hall–Kier alpha value is -2.56. The first-order valence-electron chi connectivity index (χ1n) is 8.50. The fourth-order valence-corrected chi connectivity index (χ4v) is 3.59. The Morgan fingerprint density at radius 3 is 2.26 bits per heavy atom. The highest BCUT2D eigenvalue weighted by Gasteiger charge is 2.16. The number of anilines is 1. The third-order valence-corrected chi connectivity index (χ3v) is 5.13. The zero-order valence-electron chi connectivity index (χ0n) is 14.5. The van der Waals surface area contributed by atoms with Crippen molar-refractivity contribution in [1.82, 2.24) is 0 Å². The predicted octanol–water partition coefficient (Wildman–Crippen LogP) is 5.69. The van der Waals surface area contributed by atoms with Crippen molar-refractivity contribution in [2.45, 2.75) is 11.3 Å². The van der Waals surface area contributed by atoms with Gasteiger partial charge < -0.3 is 5.32 Å². The van der Waals surface area contributed by atoms with Crippen LogP contribution in [-0.4, -0.2) is 17.4 Å². The van der Waals surface area contributed by atoms with E-state index < -0.39 is 0 Å². The quantitative estimate of drug-likeness (QED) is 0.412. The maximum absolute atomic E-state index is 12.8. The molecule has 0 saturated carbocycles. The van der Waals surface area contributed by atoms with E-state index >= 15 is 0 Å². The van der Waals surface area contributed by atoms with E-state index in [1.807, 2.05) is 36.4 Å². The Balaban J connectivity index is 1.67. The molecule has 0 fully saturated rings. The average molecular weight is 396 g/mol. The molecule has 0 heterocycles. The number of amides is 1. The monoisotopic (exact) mass is 395 g/mol. The molecule has 1 N–H and O–H groups in total. The number of halogens is 1. The summed E-state index contributed by atoms with van der Waals surface area (Å²) in [7, 11) is 0. The smallest absolute Gasteiger partial charge is 0.225 e. The molecule has 0 aliphatic heterocycles. The van der Waals surface area contributed by atoms with Gasteiger partial charge in [-0.05, 0) is 30.3 Å². The molecule has 0 radical (unpaired) electrons. The molecule has 0 saturated heterocycles. The summed E-state index contributed by atoms with van der Waals surface area (Å²) in [6, 6.07) is 23.8. The number of hydrogen-bond acceptors (Lipinski definition) is 3. The number of carbonyl (C=O) groups is 2. The third-order valence-electron chi connectivity index (χ3n) is 3.88. The lowest BCUT2D eigenvalue weighted by molar-refractivity contribution is -0.115. The van der Waals surface area contributed by atoms with Gasteiger partial charge in [-0.15, -0.1) is 11.8 Å². The highest BCUT2D eigenvalue weighted by Crippen LogP contribution is 2.24. The van der Waals surface area contributed by atoms with Gasteiger partial charge in [-0.1, -0.05) is 60.1 Å². The molecule has 136 valence electrons. The topological polar surface area (TPSA) is 46.2 Å². The SMILES string of the molecule is O=C(CCSc1ccccc1)Nc1ccc(Cl)cc1C(=O)c1ccccc1. The van der Waals surface area contributed by atoms with Gasteiger partial charge in [-0.3, -0.25) is 9.59 Å². The number of hydrogen-bond donors (Lipinski definition) is 1. The van der Waals surface area contributed by atoms with E-state index in [9.17, 15) is 9.59 Å². The van der Waals surface area contributed by atoms with Crippen molar-refractivity contribution in [2.75, 3.05) is 11.1 Å². The lowest BCUT2D eigenvalue weighted by atomic mass is 10.0. The van der Waals surface area contributed by atoms with Crippen LogP contribution >= 0.6 is 23.4 Å². The van der Waals surface area contributed by atoms with Crippen LogP contribution in [0.25, 0.3) is 0 Å². The molecule has 0 bridgehead atoms. The number of thioether (sulfide) groups is 1. The van der Waals surface area contributed by atoms with Crippen LogP contribution in [-0.2, 0) is 4.79 Å². The number of nitrogens with one attached hydrogen (secondary N) is 1. The molecule has 0 aliphatic carbocycles. The molecule has 3 aromatic rings. The van der Waals surface area contributed by atoms with E-state index in [2.05, 4.69) is 5.32 Å². The number of carbonyl (C=O) groups excluding carboxylic acids is 2. The Labute approximate surface area is 167 Å². The van der Waals surface area contributed by atoms with Crippen LogP contribution in [0, 0.1) is 0 Å². The molecule has 3 aromatic carbocycles. The summed E-state index contributed by atoms with van der Waals surface area (Å²) in [4.78, 5) is 26.2. The lowest BCUT2D eigenvalue weighted by Gasteiger charge is -2.11. The fraction of sp³-hybridized carbons (Fsp3) is 0.0909. The van der Waals surface area contributed by atoms with Gasteiger partial charge in [0.1, 0.15) is 0 Å². The van der Waals surface area contributed by atoms with Crippen LogP contribution in [0.2, 0.25) is 5.02 Å². The first-order chi connectivity index (χ1) is 13.1. The molecule has 0 aliphatic rings. The van der Waals surface area contributed by atoms with Crippen LogP contribution < -0.4 is 5.32 Å². The molecule has 3 nitrogen and oxygen atoms in total. The van der Waals surface area contributed by atoms with Crippen LogP contribution in [0.1, 0.15) is 22.3 Å². The normalized spacial score (nSPS) is 10.4. The summed E-state index contributed by atoms with van der Waals surface area (Å²) >= 11 is 7.69. The summed E-state index contributed by atoms with van der Waals surface area (Å²) in [5.74, 6) is 0.348. The summed E-state index contributed by atoms with van der Waals surface area (Å²) in [5.41, 5.74) is 1.41. The second-order valence-electron chi connectivity index (χ2n) is 5.84. The second-order valence-corrected chi connectivity index (χ2v) is 7.45. The molecule has 0 aromatic heterocycles. The molecule has 0 unspecified atom stereocenters. The van der Waals surface area contributed by atoms with Crippen molar-refractivity contribution < 1.29 is 9.59 Å². The minimum atomic E-state index is -0.174. The van der Waals surface area contributed by atoms with Gasteiger partial charge in [-0.2, -0.15) is 0 Å². The number of ketones is 1. The molecule has 1 amide bonds. The van der Waals surface area contributed by atoms with Crippen molar-refractivity contribution in [2.24, 2.45) is 0 Å². The third kappa shape index (κ3) is 5.46. The maximum Gasteiger partial charge on any atom is 0.225 e. The minimum absolute atomic E-state index is 0.136. The zero-order valence-corrected chi connectivity index (χ0v) is 16.1. The Morgan fingerprint density at radius 1 is 0.889 bits per heavy atom. The highest BCUT2D eigenvalue weighted by molar-refractivity contribution is 7.99. The zero-order chi connectivity index (χ0) is 19.1. The summed E-state index contributed by atoms with van der Waals surface area (Å²) in [6.07, 6.45) is 0.348. The average Bonchev–Trinajstić information content (AvgIpc) is 2.70. The first kappa shape index (κ1) is 19.2. The highest BCUT2D eigenvalue weighted by atomic mass is 35.5. The van der Waals surface area contributed by atoms with E-state index in [-0.39, 0.29) is 11.7 Å². The van der Waals surface area contributed by atoms with E-state index in [1.54, 1.807) is 54.2 Å². The molecular weight excluding hydrogens is 378 g/mol. The molecule has 5 heteroatoms. The van der Waals surface area contributed by atoms with Gasteiger partial charge >= 0.3 is 0 Å². The van der Waals surface area contributed by atoms with Crippen molar-refractivity contribution in [3.05, 3.63) is 95.0 Å². The predicted molar refractivity (Wildman–Crippen MR) is 112 cm³/mol. The Kier molecular flexibility index (Phi) is 6.69. The number of rotatable bonds is 7. The van der Waals surface area contributed by atoms with E-state index in [0.717, 1.165) is 4.90 Å². The fourth-order valence-electron chi connectivity index (χ4n) is 2.55. The van der Waals surface area contributed by atoms with Crippen molar-refractivity contribution in [3.8, 4) is 0 Å². The molecule has 0 atom stereocenters. The van der Waals surface area contributed by atoms with E-state index in [4.69, 9.17) is 11.6 Å². The van der Waals surface area contributed by atoms with Gasteiger partial charge in [0, 0.05) is 33.2 Å². The molecule has 0 spiro atoms. The van der Waals surface area contributed by atoms with Crippen molar-refractivity contribution in [1.29, 1.82) is 0 Å². The van der Waals surface area contributed by atoms with Gasteiger partial charge in [0.25, 0.3) is 0 Å². The lowest BCUT2D eigenvalue weighted by Crippen LogP contribution is -2.15. The molecule has 27 heavy (non-hydrogen) atoms. The van der Waals surface area contributed by atoms with Crippen LogP contribution in [0.3, 0.4) is 0 Å². The van der Waals surface area contributed by atoms with E-state index in [1.165, 1.54) is 0 Å². The van der Waals surface area contributed by atoms with Crippen LogP contribution in [0.15, 0.2) is 83.8 Å². The first-order valence-corrected chi connectivity index (χ1v) is 9.87. The maximum atomic E-state index is 12.8. The molecule has 3 rings (SSSR count). The number of benzene rings is 3. The van der Waals surface area contributed by atoms with Crippen LogP contribution in [0.4, 0.5) is 5.69 Å². The van der Waals surface area contributed by atoms with Crippen LogP contribution in [0.5, 0.6) is 0 Å². The standard InChI is InChI=1S/C22H18ClNO2S/c23-17-11-12-20(19(15-17)22(26)16-7-3-1-4-8-16)24-21(25)13-14-27-18-9-5-2-6-10-18/h1-12,15H,13-14H2,(H,24,25). The Bertz CT molecular complexity index is 930. The van der Waals surface area contributed by atoms with Gasteiger partial charge in [0.05, 0.1) is 5.69 Å². The second kappa shape index (κ2) is 9.40. The summed E-state index contributed by atoms with van der Waals surface area (Å²) < 4.78 is 0. The summed E-state index contributed by atoms with van der Waals surface area (Å²) in [5, 5.41) is 3.29. The van der Waals surface area contributed by atoms with Gasteiger partial charge in [0.15, 0.2) is 5.78 Å². The van der Waals surface area contributed by atoms with E-state index in [0.29, 0.717) is 34.0 Å². The van der Waals surface area contributed by atoms with Crippen molar-refractivity contribution in [3.63, 3.8) is 0 Å². The van der Waals surface area contributed by atoms with Gasteiger partial charge in [-0.25, -0.2) is 0 Å².